The Balaban J connectivity index is 2.15. The molecule has 5 heteroatoms. The van der Waals surface area contributed by atoms with Crippen molar-refractivity contribution in [2.24, 2.45) is 0 Å². The van der Waals surface area contributed by atoms with Crippen LogP contribution < -0.4 is 0 Å². The summed E-state index contributed by atoms with van der Waals surface area (Å²) in [5.74, 6) is 0.0963. The van der Waals surface area contributed by atoms with E-state index in [9.17, 15) is 4.79 Å². The minimum absolute atomic E-state index is 0.0963. The highest BCUT2D eigenvalue weighted by molar-refractivity contribution is 5.77. The van der Waals surface area contributed by atoms with Crippen molar-refractivity contribution < 1.29 is 14.3 Å². The second kappa shape index (κ2) is 7.60. The van der Waals surface area contributed by atoms with Crippen molar-refractivity contribution in [3.05, 3.63) is 0 Å². The summed E-state index contributed by atoms with van der Waals surface area (Å²) in [5.41, 5.74) is 0. The molecule has 1 aliphatic rings. The molecule has 0 radical (unpaired) electrons. The number of rotatable bonds is 6. The van der Waals surface area contributed by atoms with Crippen molar-refractivity contribution in [2.75, 3.05) is 60.2 Å². The van der Waals surface area contributed by atoms with Crippen LogP contribution in [0.1, 0.15) is 6.42 Å². The van der Waals surface area contributed by atoms with Gasteiger partial charge >= 0.3 is 0 Å². The highest BCUT2D eigenvalue weighted by Gasteiger charge is 2.20. The van der Waals surface area contributed by atoms with Crippen LogP contribution in [0.15, 0.2) is 0 Å². The van der Waals surface area contributed by atoms with Crippen LogP contribution in [0.4, 0.5) is 0 Å². The molecule has 1 aliphatic heterocycles. The third kappa shape index (κ3) is 4.47. The molecule has 1 fully saturated rings. The van der Waals surface area contributed by atoms with E-state index < -0.39 is 0 Å². The van der Waals surface area contributed by atoms with Crippen LogP contribution in [0, 0.1) is 0 Å². The van der Waals surface area contributed by atoms with Gasteiger partial charge in [-0.1, -0.05) is 0 Å². The molecule has 0 spiro atoms. The van der Waals surface area contributed by atoms with Crippen LogP contribution in [0.2, 0.25) is 0 Å². The van der Waals surface area contributed by atoms with Gasteiger partial charge in [-0.15, -0.1) is 0 Å². The molecule has 0 bridgehead atoms. The molecule has 1 saturated heterocycles. The Morgan fingerprint density at radius 2 is 1.81 bits per heavy atom. The van der Waals surface area contributed by atoms with Crippen molar-refractivity contribution in [2.45, 2.75) is 6.42 Å². The fourth-order valence-corrected chi connectivity index (χ4v) is 1.87. The summed E-state index contributed by atoms with van der Waals surface area (Å²) in [6.07, 6.45) is 1.06. The molecule has 0 aliphatic carbocycles. The second-order valence-electron chi connectivity index (χ2n) is 4.00. The Kier molecular flexibility index (Phi) is 6.37. The molecule has 0 aromatic carbocycles. The molecular weight excluding hydrogens is 208 g/mol. The predicted molar refractivity (Wildman–Crippen MR) is 61.4 cm³/mol. The number of hydrogen-bond acceptors (Lipinski definition) is 4. The van der Waals surface area contributed by atoms with Gasteiger partial charge in [-0.25, -0.2) is 0 Å². The summed E-state index contributed by atoms with van der Waals surface area (Å²) in [4.78, 5) is 15.8. The number of nitrogens with zero attached hydrogens (tertiary/aromatic N) is 2. The first-order chi connectivity index (χ1) is 7.77. The van der Waals surface area contributed by atoms with E-state index in [0.29, 0.717) is 0 Å². The third-order valence-corrected chi connectivity index (χ3v) is 2.82. The standard InChI is InChI=1S/C11H22N2O3/c1-15-9-3-4-12-5-7-13(8-6-12)11(14)10-16-2/h3-10H2,1-2H3. The van der Waals surface area contributed by atoms with Crippen LogP contribution in [0.25, 0.3) is 0 Å². The SMILES string of the molecule is COCCCN1CCN(C(=O)COC)CC1. The second-order valence-corrected chi connectivity index (χ2v) is 4.00. The lowest BCUT2D eigenvalue weighted by Crippen LogP contribution is -2.49. The number of carbonyl (C=O) groups excluding carboxylic acids is 1. The van der Waals surface area contributed by atoms with E-state index in [0.717, 1.165) is 45.8 Å². The van der Waals surface area contributed by atoms with E-state index in [4.69, 9.17) is 9.47 Å². The van der Waals surface area contributed by atoms with E-state index in [2.05, 4.69) is 4.90 Å². The minimum Gasteiger partial charge on any atom is -0.385 e. The quantitative estimate of drug-likeness (QED) is 0.593. The lowest BCUT2D eigenvalue weighted by molar-refractivity contribution is -0.136. The molecule has 0 unspecified atom stereocenters. The van der Waals surface area contributed by atoms with Gasteiger partial charge in [-0.3, -0.25) is 9.69 Å². The average Bonchev–Trinajstić information content (AvgIpc) is 2.30. The molecule has 1 rings (SSSR count). The third-order valence-electron chi connectivity index (χ3n) is 2.82. The van der Waals surface area contributed by atoms with Crippen LogP contribution in [-0.2, 0) is 14.3 Å². The Hall–Kier alpha value is -0.650. The molecule has 0 aromatic rings. The summed E-state index contributed by atoms with van der Waals surface area (Å²) in [5, 5.41) is 0. The van der Waals surface area contributed by atoms with Gasteiger partial charge in [0.2, 0.25) is 5.91 Å². The van der Waals surface area contributed by atoms with Crippen LogP contribution in [0.3, 0.4) is 0 Å². The first-order valence-electron chi connectivity index (χ1n) is 5.76. The van der Waals surface area contributed by atoms with Gasteiger partial charge in [-0.05, 0) is 6.42 Å². The summed E-state index contributed by atoms with van der Waals surface area (Å²) in [6, 6.07) is 0. The summed E-state index contributed by atoms with van der Waals surface area (Å²) in [7, 11) is 3.28. The number of amides is 1. The zero-order valence-corrected chi connectivity index (χ0v) is 10.3. The molecule has 1 amide bonds. The highest BCUT2D eigenvalue weighted by Crippen LogP contribution is 2.03. The molecule has 0 saturated carbocycles. The van der Waals surface area contributed by atoms with Crippen molar-refractivity contribution >= 4 is 5.91 Å². The normalized spacial score (nSPS) is 17.8. The molecule has 94 valence electrons. The van der Waals surface area contributed by atoms with Crippen molar-refractivity contribution in [3.8, 4) is 0 Å². The summed E-state index contributed by atoms with van der Waals surface area (Å²) < 4.78 is 9.86. The first-order valence-corrected chi connectivity index (χ1v) is 5.76. The van der Waals surface area contributed by atoms with Crippen LogP contribution in [0.5, 0.6) is 0 Å². The van der Waals surface area contributed by atoms with Gasteiger partial charge < -0.3 is 14.4 Å². The molecule has 0 aromatic heterocycles. The van der Waals surface area contributed by atoms with Gasteiger partial charge in [0.25, 0.3) is 0 Å². The van der Waals surface area contributed by atoms with Crippen LogP contribution >= 0.6 is 0 Å². The maximum atomic E-state index is 11.5. The lowest BCUT2D eigenvalue weighted by Gasteiger charge is -2.34. The number of hydrogen-bond donors (Lipinski definition) is 0. The summed E-state index contributed by atoms with van der Waals surface area (Å²) >= 11 is 0. The first kappa shape index (κ1) is 13.4. The van der Waals surface area contributed by atoms with Crippen LogP contribution in [-0.4, -0.2) is 75.9 Å². The molecule has 16 heavy (non-hydrogen) atoms. The lowest BCUT2D eigenvalue weighted by atomic mass is 10.3. The Morgan fingerprint density at radius 3 is 2.38 bits per heavy atom. The predicted octanol–water partition coefficient (Wildman–Crippen LogP) is -0.186. The number of methoxy groups -OCH3 is 2. The monoisotopic (exact) mass is 230 g/mol. The maximum absolute atomic E-state index is 11.5. The number of piperazine rings is 1. The Bertz CT molecular complexity index is 203. The highest BCUT2D eigenvalue weighted by atomic mass is 16.5. The van der Waals surface area contributed by atoms with Gasteiger partial charge in [-0.2, -0.15) is 0 Å². The van der Waals surface area contributed by atoms with Gasteiger partial charge in [0.15, 0.2) is 0 Å². The van der Waals surface area contributed by atoms with Gasteiger partial charge in [0.1, 0.15) is 6.61 Å². The molecular formula is C11H22N2O3. The fourth-order valence-electron chi connectivity index (χ4n) is 1.87. The summed E-state index contributed by atoms with van der Waals surface area (Å²) in [6.45, 7) is 5.61. The number of ether oxygens (including phenoxy) is 2. The zero-order valence-electron chi connectivity index (χ0n) is 10.3. The fraction of sp³-hybridized carbons (Fsp3) is 0.909. The average molecular weight is 230 g/mol. The van der Waals surface area contributed by atoms with Gasteiger partial charge in [0.05, 0.1) is 0 Å². The van der Waals surface area contributed by atoms with Crippen molar-refractivity contribution in [3.63, 3.8) is 0 Å². The minimum atomic E-state index is 0.0963. The Morgan fingerprint density at radius 1 is 1.12 bits per heavy atom. The van der Waals surface area contributed by atoms with Gasteiger partial charge in [0, 0.05) is 53.6 Å². The molecule has 0 N–H and O–H groups in total. The smallest absolute Gasteiger partial charge is 0.248 e. The van der Waals surface area contributed by atoms with E-state index in [-0.39, 0.29) is 12.5 Å². The van der Waals surface area contributed by atoms with Crippen molar-refractivity contribution in [1.82, 2.24) is 9.80 Å². The van der Waals surface area contributed by atoms with E-state index in [1.807, 2.05) is 4.90 Å². The number of carbonyl (C=O) groups is 1. The maximum Gasteiger partial charge on any atom is 0.248 e. The molecule has 0 atom stereocenters. The van der Waals surface area contributed by atoms with Crippen molar-refractivity contribution in [1.29, 1.82) is 0 Å². The van der Waals surface area contributed by atoms with E-state index >= 15 is 0 Å². The van der Waals surface area contributed by atoms with E-state index in [1.54, 1.807) is 14.2 Å². The zero-order chi connectivity index (χ0) is 11.8. The largest absolute Gasteiger partial charge is 0.385 e. The molecule has 1 heterocycles. The van der Waals surface area contributed by atoms with E-state index in [1.165, 1.54) is 0 Å². The topological polar surface area (TPSA) is 42.0 Å². The Labute approximate surface area is 97.3 Å². The molecule has 5 nitrogen and oxygen atoms in total.